The first-order valence-corrected chi connectivity index (χ1v) is 19.1. The van der Waals surface area contributed by atoms with Gasteiger partial charge in [0.15, 0.2) is 0 Å². The van der Waals surface area contributed by atoms with Crippen LogP contribution in [-0.4, -0.2) is 23.0 Å². The Hall–Kier alpha value is -0.0400. The van der Waals surface area contributed by atoms with Gasteiger partial charge in [-0.25, -0.2) is 0 Å². The maximum atomic E-state index is 3.46. The van der Waals surface area contributed by atoms with Gasteiger partial charge >= 0.3 is 0 Å². The summed E-state index contributed by atoms with van der Waals surface area (Å²) in [6.45, 7) is 0. The van der Waals surface area contributed by atoms with Crippen LogP contribution in [0.4, 0.5) is 0 Å². The largest absolute Gasteiger partial charge is 0.293 e. The second-order valence-corrected chi connectivity index (χ2v) is 17.4. The Morgan fingerprint density at radius 2 is 0.897 bits per heavy atom. The molecule has 9 fully saturated rings. The zero-order chi connectivity index (χ0) is 25.5. The normalized spacial score (nSPS) is 57.1. The highest BCUT2D eigenvalue weighted by Crippen LogP contribution is 2.63. The van der Waals surface area contributed by atoms with Crippen molar-refractivity contribution in [2.24, 2.45) is 71.0 Å². The fourth-order valence-corrected chi connectivity index (χ4v) is 15.3. The molecule has 9 aliphatic rings. The lowest BCUT2D eigenvalue weighted by molar-refractivity contribution is -0.0331. The molecule has 0 bridgehead atoms. The highest BCUT2D eigenvalue weighted by Gasteiger charge is 2.61. The minimum absolute atomic E-state index is 0.988. The van der Waals surface area contributed by atoms with E-state index >= 15 is 0 Å². The van der Waals surface area contributed by atoms with Crippen LogP contribution in [0.25, 0.3) is 0 Å². The van der Waals surface area contributed by atoms with Crippen LogP contribution in [0.3, 0.4) is 0 Å². The summed E-state index contributed by atoms with van der Waals surface area (Å²) in [4.78, 5) is 3.46. The Bertz CT molecular complexity index is 866. The number of nitrogens with zero attached hydrogens (tertiary/aromatic N) is 1. The summed E-state index contributed by atoms with van der Waals surface area (Å²) in [5.41, 5.74) is 0. The Morgan fingerprint density at radius 1 is 0.308 bits per heavy atom. The predicted molar refractivity (Wildman–Crippen MR) is 161 cm³/mol. The van der Waals surface area contributed by atoms with Crippen molar-refractivity contribution in [3.63, 3.8) is 0 Å². The van der Waals surface area contributed by atoms with Gasteiger partial charge in [0, 0.05) is 18.1 Å². The lowest BCUT2D eigenvalue weighted by Gasteiger charge is -2.52. The van der Waals surface area contributed by atoms with E-state index in [0.717, 1.165) is 89.1 Å². The van der Waals surface area contributed by atoms with E-state index < -0.39 is 0 Å². The molecule has 0 N–H and O–H groups in total. The monoisotopic (exact) mass is 531 g/mol. The fourth-order valence-electron chi connectivity index (χ4n) is 15.3. The van der Waals surface area contributed by atoms with Crippen molar-refractivity contribution in [3.8, 4) is 0 Å². The standard InChI is InChI=1S/C38H61N/c1-2-11-26-22-28(21-25(26)10-1)29-15-7-12-27-23-34-32(37(27)29)16-8-18-36(34)39-35-17-6-5-14-31(35)33-20-19-24-9-3-4-13-30(24)38(33)39/h24-38H,1-23H2. The summed E-state index contributed by atoms with van der Waals surface area (Å²) in [6.07, 6.45) is 36.7. The zero-order valence-corrected chi connectivity index (χ0v) is 25.4. The smallest absolute Gasteiger partial charge is 0.0164 e. The molecule has 1 aliphatic heterocycles. The Labute approximate surface area is 241 Å². The van der Waals surface area contributed by atoms with E-state index in [4.69, 9.17) is 0 Å². The van der Waals surface area contributed by atoms with Crippen molar-refractivity contribution in [1.82, 2.24) is 4.90 Å². The maximum absolute atomic E-state index is 3.46. The minimum atomic E-state index is 0.988. The van der Waals surface area contributed by atoms with Crippen LogP contribution in [-0.2, 0) is 0 Å². The summed E-state index contributed by atoms with van der Waals surface area (Å²) < 4.78 is 0. The molecule has 39 heavy (non-hydrogen) atoms. The summed E-state index contributed by atoms with van der Waals surface area (Å²) in [6, 6.07) is 2.99. The lowest BCUT2D eigenvalue weighted by Crippen LogP contribution is -2.56. The SMILES string of the molecule is C1CCC2CC(C3CCCC4CC5C(CCCC5N5C6CCCCC6C6CCC7CCCCC7C65)C43)CC2C1. The molecule has 0 spiro atoms. The molecule has 1 heterocycles. The van der Waals surface area contributed by atoms with Crippen LogP contribution in [0.1, 0.15) is 148 Å². The highest BCUT2D eigenvalue weighted by atomic mass is 15.3. The highest BCUT2D eigenvalue weighted by molar-refractivity contribution is 5.12. The Morgan fingerprint density at radius 3 is 1.74 bits per heavy atom. The van der Waals surface area contributed by atoms with Crippen molar-refractivity contribution in [1.29, 1.82) is 0 Å². The fraction of sp³-hybridized carbons (Fsp3) is 1.00. The number of rotatable bonds is 2. The number of hydrogen-bond acceptors (Lipinski definition) is 1. The first kappa shape index (κ1) is 25.5. The molecule has 8 aliphatic carbocycles. The average Bonchev–Trinajstić information content (AvgIpc) is 3.69. The predicted octanol–water partition coefficient (Wildman–Crippen LogP) is 9.88. The second-order valence-electron chi connectivity index (χ2n) is 17.4. The molecule has 0 aromatic rings. The van der Waals surface area contributed by atoms with Crippen LogP contribution in [0.15, 0.2) is 0 Å². The third kappa shape index (κ3) is 4.06. The van der Waals surface area contributed by atoms with Gasteiger partial charge in [-0.2, -0.15) is 0 Å². The lowest BCUT2D eigenvalue weighted by atomic mass is 9.62. The molecule has 218 valence electrons. The van der Waals surface area contributed by atoms with Gasteiger partial charge in [-0.15, -0.1) is 0 Å². The van der Waals surface area contributed by atoms with Crippen molar-refractivity contribution < 1.29 is 0 Å². The van der Waals surface area contributed by atoms with Gasteiger partial charge in [0.05, 0.1) is 0 Å². The molecular formula is C38H61N. The van der Waals surface area contributed by atoms with Crippen LogP contribution in [0, 0.1) is 71.0 Å². The molecule has 14 unspecified atom stereocenters. The molecule has 9 rings (SSSR count). The van der Waals surface area contributed by atoms with Crippen LogP contribution < -0.4 is 0 Å². The number of fused-ring (bicyclic) bond motifs is 9. The van der Waals surface area contributed by atoms with E-state index in [9.17, 15) is 0 Å². The van der Waals surface area contributed by atoms with Crippen molar-refractivity contribution in [2.75, 3.05) is 0 Å². The van der Waals surface area contributed by atoms with Crippen molar-refractivity contribution in [3.05, 3.63) is 0 Å². The molecule has 0 aromatic heterocycles. The van der Waals surface area contributed by atoms with Gasteiger partial charge in [0.2, 0.25) is 0 Å². The molecular weight excluding hydrogens is 470 g/mol. The van der Waals surface area contributed by atoms with Crippen LogP contribution in [0.2, 0.25) is 0 Å². The molecule has 0 amide bonds. The van der Waals surface area contributed by atoms with E-state index in [1.807, 2.05) is 0 Å². The van der Waals surface area contributed by atoms with Gasteiger partial charge in [-0.3, -0.25) is 4.90 Å². The summed E-state index contributed by atoms with van der Waals surface area (Å²) in [5, 5.41) is 0. The molecule has 8 saturated carbocycles. The van der Waals surface area contributed by atoms with E-state index in [2.05, 4.69) is 4.90 Å². The molecule has 1 saturated heterocycles. The molecule has 0 radical (unpaired) electrons. The van der Waals surface area contributed by atoms with Crippen LogP contribution in [0.5, 0.6) is 0 Å². The summed E-state index contributed by atoms with van der Waals surface area (Å²) in [7, 11) is 0. The van der Waals surface area contributed by atoms with Gasteiger partial charge in [0.25, 0.3) is 0 Å². The van der Waals surface area contributed by atoms with E-state index in [1.54, 1.807) is 148 Å². The maximum Gasteiger partial charge on any atom is 0.0164 e. The molecule has 0 aromatic carbocycles. The third-order valence-electron chi connectivity index (χ3n) is 16.3. The molecule has 14 atom stereocenters. The van der Waals surface area contributed by atoms with Crippen LogP contribution >= 0.6 is 0 Å². The van der Waals surface area contributed by atoms with E-state index in [-0.39, 0.29) is 0 Å². The second kappa shape index (κ2) is 10.3. The number of likely N-dealkylation sites (tertiary alicyclic amines) is 1. The van der Waals surface area contributed by atoms with Gasteiger partial charge in [-0.1, -0.05) is 77.0 Å². The topological polar surface area (TPSA) is 3.24 Å². The van der Waals surface area contributed by atoms with Gasteiger partial charge in [0.1, 0.15) is 0 Å². The first-order chi connectivity index (χ1) is 19.3. The Kier molecular flexibility index (Phi) is 6.72. The van der Waals surface area contributed by atoms with E-state index in [1.165, 1.54) is 0 Å². The van der Waals surface area contributed by atoms with E-state index in [0.29, 0.717) is 0 Å². The molecule has 1 heteroatoms. The summed E-state index contributed by atoms with van der Waals surface area (Å²) in [5.74, 6) is 13.4. The Balaban J connectivity index is 1.01. The first-order valence-electron chi connectivity index (χ1n) is 19.1. The van der Waals surface area contributed by atoms with Gasteiger partial charge < -0.3 is 0 Å². The summed E-state index contributed by atoms with van der Waals surface area (Å²) >= 11 is 0. The van der Waals surface area contributed by atoms with Gasteiger partial charge in [-0.05, 0) is 142 Å². The van der Waals surface area contributed by atoms with Crippen molar-refractivity contribution >= 4 is 0 Å². The van der Waals surface area contributed by atoms with Crippen molar-refractivity contribution in [2.45, 2.75) is 166 Å². The zero-order valence-electron chi connectivity index (χ0n) is 25.4. The minimum Gasteiger partial charge on any atom is -0.293 e. The quantitative estimate of drug-likeness (QED) is 0.343. The third-order valence-corrected chi connectivity index (χ3v) is 16.3. The average molecular weight is 532 g/mol. The number of hydrogen-bond donors (Lipinski definition) is 0. The molecule has 1 nitrogen and oxygen atoms in total.